The summed E-state index contributed by atoms with van der Waals surface area (Å²) in [5.74, 6) is -0.193. The number of imidazole rings is 1. The zero-order chi connectivity index (χ0) is 23.2. The molecule has 174 valence electrons. The molecule has 3 unspecified atom stereocenters. The number of aromatic amines is 1. The standard InChI is InChI=1S/C10H16N5O13P3/c11-10-13-8-7(9(17)14-10)12-3-15(8)6-1-4(16)5(26-6)2-25-30(21,22)28-31(23,24)27-29(18,19)20/h3-6,16H,1-2H2,(H,21,22)(H,23,24)(H2,18,19,20)(H3,11,13,14,17)/t4?,5-,6-/m0/s1. The Labute approximate surface area is 171 Å². The van der Waals surface area contributed by atoms with Gasteiger partial charge < -0.3 is 35.2 Å². The first-order valence-corrected chi connectivity index (χ1v) is 12.5. The van der Waals surface area contributed by atoms with E-state index in [0.29, 0.717) is 0 Å². The van der Waals surface area contributed by atoms with Gasteiger partial charge in [0, 0.05) is 6.42 Å². The van der Waals surface area contributed by atoms with Crippen molar-refractivity contribution in [3.05, 3.63) is 16.7 Å². The second-order valence-corrected chi connectivity index (χ2v) is 10.5. The van der Waals surface area contributed by atoms with Crippen molar-refractivity contribution in [3.63, 3.8) is 0 Å². The first-order chi connectivity index (χ1) is 14.2. The predicted octanol–water partition coefficient (Wildman–Crippen LogP) is -1.31. The molecule has 1 saturated heterocycles. The van der Waals surface area contributed by atoms with Crippen LogP contribution in [0.1, 0.15) is 12.6 Å². The van der Waals surface area contributed by atoms with Gasteiger partial charge in [-0.15, -0.1) is 0 Å². The molecule has 8 N–H and O–H groups in total. The molecule has 0 aromatic carbocycles. The summed E-state index contributed by atoms with van der Waals surface area (Å²) in [7, 11) is -16.6. The van der Waals surface area contributed by atoms with E-state index in [9.17, 15) is 28.5 Å². The molecule has 1 fully saturated rings. The van der Waals surface area contributed by atoms with Crippen LogP contribution < -0.4 is 11.3 Å². The lowest BCUT2D eigenvalue weighted by atomic mass is 10.2. The fourth-order valence-electron chi connectivity index (χ4n) is 2.66. The smallest absolute Gasteiger partial charge is 0.390 e. The highest BCUT2D eigenvalue weighted by Gasteiger charge is 2.43. The number of phosphoric ester groups is 1. The van der Waals surface area contributed by atoms with Crippen molar-refractivity contribution in [1.82, 2.24) is 19.5 Å². The number of rotatable bonds is 8. The van der Waals surface area contributed by atoms with E-state index in [1.165, 1.54) is 10.9 Å². The average molecular weight is 507 g/mol. The van der Waals surface area contributed by atoms with Crippen LogP contribution >= 0.6 is 23.5 Å². The van der Waals surface area contributed by atoms with E-state index in [2.05, 4.69) is 28.1 Å². The third-order valence-corrected chi connectivity index (χ3v) is 7.59. The average Bonchev–Trinajstić information content (AvgIpc) is 3.13. The lowest BCUT2D eigenvalue weighted by molar-refractivity contribution is -0.0423. The number of aromatic nitrogens is 4. The predicted molar refractivity (Wildman–Crippen MR) is 96.9 cm³/mol. The largest absolute Gasteiger partial charge is 0.490 e. The van der Waals surface area contributed by atoms with Crippen LogP contribution in [0.5, 0.6) is 0 Å². The second-order valence-electron chi connectivity index (χ2n) is 6.09. The Balaban J connectivity index is 1.67. The minimum Gasteiger partial charge on any atom is -0.390 e. The molecule has 21 heteroatoms. The third kappa shape index (κ3) is 6.04. The quantitative estimate of drug-likeness (QED) is 0.204. The number of hydrogen-bond acceptors (Lipinski definition) is 12. The van der Waals surface area contributed by atoms with E-state index < -0.39 is 54.1 Å². The minimum atomic E-state index is -5.67. The SMILES string of the molecule is Nc1nc2c(ncn2[C@@H]2CC(O)[C@H](COP(=O)(O)OP(=O)(O)OP(=O)(O)O)O2)c(=O)[nH]1. The number of aliphatic hydroxyl groups excluding tert-OH is 1. The Morgan fingerprint density at radius 3 is 2.55 bits per heavy atom. The van der Waals surface area contributed by atoms with Crippen molar-refractivity contribution >= 4 is 40.6 Å². The molecule has 0 spiro atoms. The van der Waals surface area contributed by atoms with Crippen LogP contribution in [-0.4, -0.2) is 63.0 Å². The molecule has 0 saturated carbocycles. The van der Waals surface area contributed by atoms with Gasteiger partial charge >= 0.3 is 23.5 Å². The van der Waals surface area contributed by atoms with Crippen molar-refractivity contribution in [3.8, 4) is 0 Å². The zero-order valence-electron chi connectivity index (χ0n) is 15.0. The van der Waals surface area contributed by atoms with Gasteiger partial charge in [-0.1, -0.05) is 0 Å². The number of ether oxygens (including phenoxy) is 1. The van der Waals surface area contributed by atoms with Crippen LogP contribution in [-0.2, 0) is 31.6 Å². The number of H-pyrrole nitrogens is 1. The van der Waals surface area contributed by atoms with Crippen LogP contribution in [0.4, 0.5) is 5.95 Å². The normalized spacial score (nSPS) is 26.0. The molecule has 2 aromatic rings. The summed E-state index contributed by atoms with van der Waals surface area (Å²) in [6.45, 7) is -0.843. The molecule has 0 amide bonds. The molecular weight excluding hydrogens is 491 g/mol. The topological polar surface area (TPSA) is 279 Å². The van der Waals surface area contributed by atoms with E-state index in [1.54, 1.807) is 0 Å². The first-order valence-electron chi connectivity index (χ1n) is 8.00. The fraction of sp³-hybridized carbons (Fsp3) is 0.500. The first kappa shape index (κ1) is 24.1. The van der Waals surface area contributed by atoms with Gasteiger partial charge in [0.15, 0.2) is 11.2 Å². The van der Waals surface area contributed by atoms with Gasteiger partial charge in [0.2, 0.25) is 5.95 Å². The lowest BCUT2D eigenvalue weighted by Gasteiger charge is -2.19. The van der Waals surface area contributed by atoms with Gasteiger partial charge in [-0.3, -0.25) is 18.9 Å². The van der Waals surface area contributed by atoms with Gasteiger partial charge in [-0.25, -0.2) is 18.7 Å². The summed E-state index contributed by atoms with van der Waals surface area (Å²) in [5.41, 5.74) is 4.89. The lowest BCUT2D eigenvalue weighted by Crippen LogP contribution is -2.26. The van der Waals surface area contributed by atoms with E-state index in [0.717, 1.165) is 0 Å². The molecule has 5 atom stereocenters. The summed E-state index contributed by atoms with van der Waals surface area (Å²) in [6.07, 6.45) is -2.36. The number of anilines is 1. The number of nitrogen functional groups attached to an aromatic ring is 1. The zero-order valence-corrected chi connectivity index (χ0v) is 17.7. The van der Waals surface area contributed by atoms with Crippen LogP contribution in [0, 0.1) is 0 Å². The van der Waals surface area contributed by atoms with E-state index >= 15 is 0 Å². The molecule has 18 nitrogen and oxygen atoms in total. The molecule has 3 heterocycles. The molecule has 2 aromatic heterocycles. The van der Waals surface area contributed by atoms with E-state index in [1.807, 2.05) is 0 Å². The summed E-state index contributed by atoms with van der Waals surface area (Å²) in [6, 6.07) is 0. The van der Waals surface area contributed by atoms with Crippen molar-refractivity contribution in [2.45, 2.75) is 24.9 Å². The number of aliphatic hydroxyl groups is 1. The van der Waals surface area contributed by atoms with Crippen molar-refractivity contribution in [2.75, 3.05) is 12.3 Å². The number of fused-ring (bicyclic) bond motifs is 1. The Kier molecular flexibility index (Phi) is 6.57. The summed E-state index contributed by atoms with van der Waals surface area (Å²) in [5, 5.41) is 10.1. The number of hydrogen-bond donors (Lipinski definition) is 7. The molecule has 31 heavy (non-hydrogen) atoms. The number of nitrogens with zero attached hydrogens (tertiary/aromatic N) is 3. The highest BCUT2D eigenvalue weighted by molar-refractivity contribution is 7.66. The maximum absolute atomic E-state index is 11.8. The summed E-state index contributed by atoms with van der Waals surface area (Å²) in [4.78, 5) is 57.5. The highest BCUT2D eigenvalue weighted by Crippen LogP contribution is 2.66. The Bertz CT molecular complexity index is 1170. The van der Waals surface area contributed by atoms with Crippen molar-refractivity contribution in [2.24, 2.45) is 0 Å². The van der Waals surface area contributed by atoms with Gasteiger partial charge in [-0.05, 0) is 0 Å². The third-order valence-electron chi connectivity index (χ3n) is 3.78. The van der Waals surface area contributed by atoms with E-state index in [4.69, 9.17) is 25.2 Å². The number of nitrogens with two attached hydrogens (primary N) is 1. The maximum Gasteiger partial charge on any atom is 0.490 e. The van der Waals surface area contributed by atoms with Gasteiger partial charge in [0.1, 0.15) is 12.3 Å². The molecule has 0 aliphatic carbocycles. The van der Waals surface area contributed by atoms with Crippen molar-refractivity contribution < 1.29 is 56.3 Å². The second kappa shape index (κ2) is 8.44. The van der Waals surface area contributed by atoms with Crippen molar-refractivity contribution in [1.29, 1.82) is 0 Å². The van der Waals surface area contributed by atoms with Crippen LogP contribution in [0.3, 0.4) is 0 Å². The molecule has 3 rings (SSSR count). The van der Waals surface area contributed by atoms with Gasteiger partial charge in [0.25, 0.3) is 5.56 Å². The molecular formula is C10H16N5O13P3. The summed E-state index contributed by atoms with van der Waals surface area (Å²) >= 11 is 0. The molecule has 1 aliphatic rings. The molecule has 1 aliphatic heterocycles. The maximum atomic E-state index is 11.8. The Hall–Kier alpha value is -1.52. The fourth-order valence-corrected chi connectivity index (χ4v) is 5.69. The van der Waals surface area contributed by atoms with Gasteiger partial charge in [0.05, 0.1) is 19.0 Å². The molecule has 0 radical (unpaired) electrons. The van der Waals surface area contributed by atoms with Crippen LogP contribution in [0.15, 0.2) is 11.1 Å². The van der Waals surface area contributed by atoms with Crippen LogP contribution in [0.25, 0.3) is 11.2 Å². The summed E-state index contributed by atoms with van der Waals surface area (Å²) < 4.78 is 52.1. The van der Waals surface area contributed by atoms with Crippen LogP contribution in [0.2, 0.25) is 0 Å². The number of phosphoric acid groups is 3. The Morgan fingerprint density at radius 1 is 1.23 bits per heavy atom. The minimum absolute atomic E-state index is 0.0481. The highest BCUT2D eigenvalue weighted by atomic mass is 31.3. The molecule has 0 bridgehead atoms. The number of nitrogens with one attached hydrogen (secondary N) is 1. The monoisotopic (exact) mass is 507 g/mol. The van der Waals surface area contributed by atoms with E-state index in [-0.39, 0.29) is 23.5 Å². The van der Waals surface area contributed by atoms with Gasteiger partial charge in [-0.2, -0.15) is 13.6 Å². The Morgan fingerprint density at radius 2 is 1.90 bits per heavy atom.